The van der Waals surface area contributed by atoms with Crippen LogP contribution in [0.2, 0.25) is 0 Å². The minimum absolute atomic E-state index is 0.672. The summed E-state index contributed by atoms with van der Waals surface area (Å²) in [4.78, 5) is 0. The second kappa shape index (κ2) is 3.56. The summed E-state index contributed by atoms with van der Waals surface area (Å²) in [6.45, 7) is 0.672. The van der Waals surface area contributed by atoms with Crippen molar-refractivity contribution in [3.63, 3.8) is 0 Å². The molecule has 0 rings (SSSR count). The van der Waals surface area contributed by atoms with Gasteiger partial charge in [0.05, 0.1) is 5.92 Å². The third kappa shape index (κ3) is 3.22. The maximum absolute atomic E-state index is 12.2. The zero-order chi connectivity index (χ0) is 9.23. The molecule has 0 heterocycles. The highest BCUT2D eigenvalue weighted by atomic mass is 35.5. The molecule has 0 saturated carbocycles. The van der Waals surface area contributed by atoms with Crippen molar-refractivity contribution >= 4 is 11.6 Å². The summed E-state index contributed by atoms with van der Waals surface area (Å²) in [6, 6.07) is 0. The van der Waals surface area contributed by atoms with Crippen molar-refractivity contribution < 1.29 is 22.0 Å². The lowest BCUT2D eigenvalue weighted by Crippen LogP contribution is -2.33. The lowest BCUT2D eigenvalue weighted by molar-refractivity contribution is -0.0611. The molecule has 0 bridgehead atoms. The van der Waals surface area contributed by atoms with Crippen molar-refractivity contribution in [2.75, 3.05) is 0 Å². The van der Waals surface area contributed by atoms with E-state index in [1.807, 2.05) is 0 Å². The second-order valence-electron chi connectivity index (χ2n) is 2.14. The lowest BCUT2D eigenvalue weighted by atomic mass is 10.1. The van der Waals surface area contributed by atoms with Gasteiger partial charge in [-0.05, 0) is 11.6 Å². The maximum atomic E-state index is 12.2. The Labute approximate surface area is 65.3 Å². The Kier molecular flexibility index (Phi) is 3.54. The van der Waals surface area contributed by atoms with Crippen LogP contribution in [-0.2, 0) is 0 Å². The van der Waals surface area contributed by atoms with Crippen LogP contribution in [0.1, 0.15) is 6.92 Å². The summed E-state index contributed by atoms with van der Waals surface area (Å²) in [6.07, 6.45) is -6.14. The van der Waals surface area contributed by atoms with Crippen LogP contribution in [0.3, 0.4) is 0 Å². The molecule has 0 nitrogen and oxygen atoms in total. The van der Waals surface area contributed by atoms with Crippen molar-refractivity contribution in [3.05, 3.63) is 0 Å². The van der Waals surface area contributed by atoms with E-state index in [9.17, 15) is 22.0 Å². The lowest BCUT2D eigenvalue weighted by Gasteiger charge is -2.19. The van der Waals surface area contributed by atoms with Crippen molar-refractivity contribution in [3.8, 4) is 0 Å². The monoisotopic (exact) mass is 196 g/mol. The van der Waals surface area contributed by atoms with Gasteiger partial charge in [-0.3, -0.25) is 0 Å². The molecule has 0 radical (unpaired) electrons. The number of halogens is 6. The number of hydrogen-bond donors (Lipinski definition) is 0. The third-order valence-corrected chi connectivity index (χ3v) is 1.38. The van der Waals surface area contributed by atoms with Crippen LogP contribution >= 0.6 is 11.6 Å². The van der Waals surface area contributed by atoms with Gasteiger partial charge in [-0.15, -0.1) is 0 Å². The zero-order valence-corrected chi connectivity index (χ0v) is 6.26. The van der Waals surface area contributed by atoms with Gasteiger partial charge in [0, 0.05) is 0 Å². The highest BCUT2D eigenvalue weighted by Crippen LogP contribution is 2.33. The average Bonchev–Trinajstić information content (AvgIpc) is 1.82. The summed E-state index contributed by atoms with van der Waals surface area (Å²) in [7, 11) is 0. The molecule has 0 fully saturated rings. The number of rotatable bonds is 3. The fourth-order valence-electron chi connectivity index (χ4n) is 0.426. The Morgan fingerprint density at radius 3 is 1.64 bits per heavy atom. The molecule has 0 N–H and O–H groups in total. The van der Waals surface area contributed by atoms with Crippen LogP contribution in [-0.4, -0.2) is 18.0 Å². The first kappa shape index (κ1) is 10.9. The predicted octanol–water partition coefficient (Wildman–Crippen LogP) is 3.06. The molecule has 0 aromatic heterocycles. The minimum Gasteiger partial charge on any atom is -0.239 e. The standard InChI is InChI=1S/C5H6ClF5/c1-2(4(8)9)3(7)5(6,10)11/h2-4H,1H3. The van der Waals surface area contributed by atoms with Crippen LogP contribution in [0.5, 0.6) is 0 Å². The van der Waals surface area contributed by atoms with Gasteiger partial charge in [0.15, 0.2) is 6.17 Å². The highest BCUT2D eigenvalue weighted by Gasteiger charge is 2.44. The van der Waals surface area contributed by atoms with E-state index in [4.69, 9.17) is 0 Å². The molecule has 0 amide bonds. The van der Waals surface area contributed by atoms with Gasteiger partial charge in [-0.1, -0.05) is 6.92 Å². The van der Waals surface area contributed by atoms with Crippen molar-refractivity contribution in [1.29, 1.82) is 0 Å². The Bertz CT molecular complexity index is 121. The molecular weight excluding hydrogens is 190 g/mol. The first-order valence-corrected chi connectivity index (χ1v) is 3.13. The molecule has 0 spiro atoms. The summed E-state index contributed by atoms with van der Waals surface area (Å²) < 4.78 is 58.9. The number of alkyl halides is 6. The van der Waals surface area contributed by atoms with E-state index in [0.717, 1.165) is 0 Å². The SMILES string of the molecule is CC(C(F)F)C(F)C(F)(F)Cl. The second-order valence-corrected chi connectivity index (χ2v) is 2.64. The van der Waals surface area contributed by atoms with Crippen molar-refractivity contribution in [1.82, 2.24) is 0 Å². The van der Waals surface area contributed by atoms with Gasteiger partial charge in [0.1, 0.15) is 0 Å². The molecule has 2 atom stereocenters. The van der Waals surface area contributed by atoms with E-state index in [0.29, 0.717) is 6.92 Å². The Balaban J connectivity index is 4.13. The van der Waals surface area contributed by atoms with Crippen LogP contribution in [0, 0.1) is 5.92 Å². The van der Waals surface area contributed by atoms with E-state index in [2.05, 4.69) is 11.6 Å². The first-order chi connectivity index (χ1) is 4.76. The Hall–Kier alpha value is -0.0600. The van der Waals surface area contributed by atoms with Crippen LogP contribution in [0.15, 0.2) is 0 Å². The van der Waals surface area contributed by atoms with Crippen LogP contribution < -0.4 is 0 Å². The third-order valence-electron chi connectivity index (χ3n) is 1.17. The van der Waals surface area contributed by atoms with E-state index < -0.39 is 23.9 Å². The van der Waals surface area contributed by atoms with Crippen molar-refractivity contribution in [2.24, 2.45) is 5.92 Å². The highest BCUT2D eigenvalue weighted by molar-refractivity contribution is 6.22. The smallest absolute Gasteiger partial charge is 0.239 e. The molecule has 0 aromatic carbocycles. The molecule has 6 heteroatoms. The van der Waals surface area contributed by atoms with Crippen molar-refractivity contribution in [2.45, 2.75) is 24.9 Å². The molecule has 0 aliphatic rings. The molecule has 0 aliphatic carbocycles. The van der Waals surface area contributed by atoms with Gasteiger partial charge in [-0.2, -0.15) is 8.78 Å². The van der Waals surface area contributed by atoms with Gasteiger partial charge >= 0.3 is 5.38 Å². The summed E-state index contributed by atoms with van der Waals surface area (Å²) in [5, 5.41) is -4.21. The van der Waals surface area contributed by atoms with Gasteiger partial charge in [-0.25, -0.2) is 13.2 Å². The van der Waals surface area contributed by atoms with Gasteiger partial charge in [0.2, 0.25) is 6.43 Å². The summed E-state index contributed by atoms with van der Waals surface area (Å²) in [5.41, 5.74) is 0. The van der Waals surface area contributed by atoms with E-state index >= 15 is 0 Å². The van der Waals surface area contributed by atoms with E-state index in [1.54, 1.807) is 0 Å². The minimum atomic E-state index is -4.21. The zero-order valence-electron chi connectivity index (χ0n) is 5.50. The number of hydrogen-bond acceptors (Lipinski definition) is 0. The summed E-state index contributed by atoms with van der Waals surface area (Å²) >= 11 is 4.18. The molecule has 2 unspecified atom stereocenters. The quantitative estimate of drug-likeness (QED) is 0.481. The molecule has 68 valence electrons. The molecular formula is C5H6ClF5. The van der Waals surface area contributed by atoms with E-state index in [-0.39, 0.29) is 0 Å². The molecule has 0 aliphatic heterocycles. The Morgan fingerprint density at radius 2 is 1.55 bits per heavy atom. The molecule has 0 aromatic rings. The largest absolute Gasteiger partial charge is 0.352 e. The van der Waals surface area contributed by atoms with Crippen LogP contribution in [0.25, 0.3) is 0 Å². The average molecular weight is 197 g/mol. The summed E-state index contributed by atoms with van der Waals surface area (Å²) in [5.74, 6) is -2.05. The molecule has 11 heavy (non-hydrogen) atoms. The fourth-order valence-corrected chi connectivity index (χ4v) is 0.625. The van der Waals surface area contributed by atoms with Crippen LogP contribution in [0.4, 0.5) is 22.0 Å². The predicted molar refractivity (Wildman–Crippen MR) is 30.9 cm³/mol. The van der Waals surface area contributed by atoms with Gasteiger partial charge in [0.25, 0.3) is 0 Å². The maximum Gasteiger partial charge on any atom is 0.352 e. The Morgan fingerprint density at radius 1 is 1.18 bits per heavy atom. The fraction of sp³-hybridized carbons (Fsp3) is 1.00. The van der Waals surface area contributed by atoms with E-state index in [1.165, 1.54) is 0 Å². The topological polar surface area (TPSA) is 0 Å². The first-order valence-electron chi connectivity index (χ1n) is 2.75. The van der Waals surface area contributed by atoms with Gasteiger partial charge < -0.3 is 0 Å². The normalized spacial score (nSPS) is 18.5. The molecule has 0 saturated heterocycles.